The van der Waals surface area contributed by atoms with Crippen molar-refractivity contribution in [2.75, 3.05) is 6.54 Å². The Morgan fingerprint density at radius 2 is 2.32 bits per heavy atom. The number of rotatable bonds is 5. The Morgan fingerprint density at radius 1 is 1.53 bits per heavy atom. The van der Waals surface area contributed by atoms with E-state index < -0.39 is 0 Å². The first-order chi connectivity index (χ1) is 9.09. The summed E-state index contributed by atoms with van der Waals surface area (Å²) in [5, 5.41) is 7.23. The van der Waals surface area contributed by atoms with Gasteiger partial charge in [-0.15, -0.1) is 0 Å². The van der Waals surface area contributed by atoms with Gasteiger partial charge < -0.3 is 9.73 Å². The van der Waals surface area contributed by atoms with E-state index in [0.29, 0.717) is 12.3 Å². The van der Waals surface area contributed by atoms with E-state index in [1.807, 2.05) is 18.5 Å². The quantitative estimate of drug-likeness (QED) is 0.860. The number of nitrogens with zero attached hydrogens (tertiary/aromatic N) is 2. The Bertz CT molecular complexity index is 561. The van der Waals surface area contributed by atoms with Gasteiger partial charge in [0.05, 0.1) is 16.4 Å². The molecule has 0 aliphatic rings. The van der Waals surface area contributed by atoms with Crippen molar-refractivity contribution in [1.82, 2.24) is 15.1 Å². The van der Waals surface area contributed by atoms with Crippen molar-refractivity contribution in [2.45, 2.75) is 26.8 Å². The van der Waals surface area contributed by atoms with Crippen LogP contribution in [0.4, 0.5) is 0 Å². The molecule has 2 heterocycles. The van der Waals surface area contributed by atoms with E-state index in [1.165, 1.54) is 6.26 Å². The van der Waals surface area contributed by atoms with Crippen LogP contribution < -0.4 is 5.32 Å². The van der Waals surface area contributed by atoms with Crippen molar-refractivity contribution in [3.05, 3.63) is 40.0 Å². The zero-order valence-corrected chi connectivity index (χ0v) is 12.5. The van der Waals surface area contributed by atoms with E-state index in [2.05, 4.69) is 26.3 Å². The summed E-state index contributed by atoms with van der Waals surface area (Å²) in [5.74, 6) is 0.161. The molecule has 5 nitrogen and oxygen atoms in total. The SMILES string of the molecule is Cc1nn(CCCNC(=O)c2ccco2)c(C)c1Br. The summed E-state index contributed by atoms with van der Waals surface area (Å²) in [6.45, 7) is 5.35. The highest BCUT2D eigenvalue weighted by Crippen LogP contribution is 2.19. The minimum Gasteiger partial charge on any atom is -0.459 e. The second-order valence-corrected chi connectivity index (χ2v) is 5.09. The highest BCUT2D eigenvalue weighted by atomic mass is 79.9. The van der Waals surface area contributed by atoms with Crippen molar-refractivity contribution in [3.63, 3.8) is 0 Å². The number of carbonyl (C=O) groups excluding carboxylic acids is 1. The second kappa shape index (κ2) is 6.06. The number of aromatic nitrogens is 2. The van der Waals surface area contributed by atoms with Gasteiger partial charge in [0.15, 0.2) is 5.76 Å². The van der Waals surface area contributed by atoms with Gasteiger partial charge in [-0.3, -0.25) is 9.48 Å². The number of amides is 1. The number of furan rings is 1. The van der Waals surface area contributed by atoms with Gasteiger partial charge in [0.1, 0.15) is 0 Å². The summed E-state index contributed by atoms with van der Waals surface area (Å²) < 4.78 is 8.00. The van der Waals surface area contributed by atoms with Crippen molar-refractivity contribution in [1.29, 1.82) is 0 Å². The van der Waals surface area contributed by atoms with Crippen molar-refractivity contribution in [3.8, 4) is 0 Å². The van der Waals surface area contributed by atoms with Crippen LogP contribution in [0, 0.1) is 13.8 Å². The van der Waals surface area contributed by atoms with Crippen LogP contribution in [0.15, 0.2) is 27.3 Å². The molecule has 0 unspecified atom stereocenters. The first kappa shape index (κ1) is 13.9. The van der Waals surface area contributed by atoms with Gasteiger partial charge in [-0.2, -0.15) is 5.10 Å². The smallest absolute Gasteiger partial charge is 0.286 e. The molecule has 0 aliphatic heterocycles. The van der Waals surface area contributed by atoms with E-state index in [9.17, 15) is 4.79 Å². The molecule has 2 aromatic rings. The summed E-state index contributed by atoms with van der Waals surface area (Å²) in [5.41, 5.74) is 2.09. The molecule has 0 spiro atoms. The number of hydrogen-bond donors (Lipinski definition) is 1. The van der Waals surface area contributed by atoms with E-state index in [1.54, 1.807) is 12.1 Å². The number of aryl methyl sites for hydroxylation is 2. The molecule has 0 saturated carbocycles. The summed E-state index contributed by atoms with van der Waals surface area (Å²) in [7, 11) is 0. The molecular weight excluding hydrogens is 310 g/mol. The summed E-state index contributed by atoms with van der Waals surface area (Å²) in [6, 6.07) is 3.34. The fourth-order valence-electron chi connectivity index (χ4n) is 1.82. The van der Waals surface area contributed by atoms with E-state index in [4.69, 9.17) is 4.42 Å². The fourth-order valence-corrected chi connectivity index (χ4v) is 2.10. The Hall–Kier alpha value is -1.56. The van der Waals surface area contributed by atoms with Gasteiger partial charge in [-0.05, 0) is 48.3 Å². The van der Waals surface area contributed by atoms with Gasteiger partial charge in [-0.1, -0.05) is 0 Å². The fraction of sp³-hybridized carbons (Fsp3) is 0.385. The van der Waals surface area contributed by atoms with Gasteiger partial charge in [-0.25, -0.2) is 0 Å². The molecular formula is C13H16BrN3O2. The first-order valence-electron chi connectivity index (χ1n) is 6.11. The van der Waals surface area contributed by atoms with Gasteiger partial charge in [0.25, 0.3) is 5.91 Å². The van der Waals surface area contributed by atoms with E-state index in [0.717, 1.165) is 28.8 Å². The Labute approximate surface area is 120 Å². The normalized spacial score (nSPS) is 10.7. The highest BCUT2D eigenvalue weighted by molar-refractivity contribution is 9.10. The Kier molecular flexibility index (Phi) is 4.42. The van der Waals surface area contributed by atoms with Crippen LogP contribution in [-0.2, 0) is 6.54 Å². The third kappa shape index (κ3) is 3.26. The van der Waals surface area contributed by atoms with Crippen molar-refractivity contribution < 1.29 is 9.21 Å². The van der Waals surface area contributed by atoms with Crippen molar-refractivity contribution in [2.24, 2.45) is 0 Å². The summed E-state index contributed by atoms with van der Waals surface area (Å²) >= 11 is 3.49. The Balaban J connectivity index is 1.78. The predicted octanol–water partition coefficient (Wildman–Crippen LogP) is 2.68. The molecule has 0 bridgehead atoms. The number of nitrogens with one attached hydrogen (secondary N) is 1. The summed E-state index contributed by atoms with van der Waals surface area (Å²) in [6.07, 6.45) is 2.31. The highest BCUT2D eigenvalue weighted by Gasteiger charge is 2.09. The maximum atomic E-state index is 11.6. The van der Waals surface area contributed by atoms with Gasteiger partial charge >= 0.3 is 0 Å². The van der Waals surface area contributed by atoms with Crippen LogP contribution in [0.1, 0.15) is 28.4 Å². The van der Waals surface area contributed by atoms with Crippen LogP contribution >= 0.6 is 15.9 Å². The monoisotopic (exact) mass is 325 g/mol. The minimum absolute atomic E-state index is 0.181. The molecule has 1 amide bonds. The molecule has 102 valence electrons. The molecule has 1 N–H and O–H groups in total. The Morgan fingerprint density at radius 3 is 2.89 bits per heavy atom. The van der Waals surface area contributed by atoms with E-state index in [-0.39, 0.29) is 5.91 Å². The lowest BCUT2D eigenvalue weighted by Crippen LogP contribution is -2.25. The lowest BCUT2D eigenvalue weighted by Gasteiger charge is -2.05. The molecule has 6 heteroatoms. The van der Waals surface area contributed by atoms with Crippen LogP contribution in [0.5, 0.6) is 0 Å². The van der Waals surface area contributed by atoms with Crippen LogP contribution in [0.3, 0.4) is 0 Å². The third-order valence-electron chi connectivity index (χ3n) is 2.87. The second-order valence-electron chi connectivity index (χ2n) is 4.29. The van der Waals surface area contributed by atoms with Gasteiger partial charge in [0.2, 0.25) is 0 Å². The summed E-state index contributed by atoms with van der Waals surface area (Å²) in [4.78, 5) is 11.6. The average molecular weight is 326 g/mol. The molecule has 19 heavy (non-hydrogen) atoms. The zero-order valence-electron chi connectivity index (χ0n) is 10.9. The minimum atomic E-state index is -0.181. The maximum absolute atomic E-state index is 11.6. The lowest BCUT2D eigenvalue weighted by atomic mass is 10.3. The molecule has 0 radical (unpaired) electrons. The first-order valence-corrected chi connectivity index (χ1v) is 6.90. The molecule has 0 fully saturated rings. The van der Waals surface area contributed by atoms with Crippen LogP contribution in [0.2, 0.25) is 0 Å². The molecule has 0 atom stereocenters. The largest absolute Gasteiger partial charge is 0.459 e. The van der Waals surface area contributed by atoms with Crippen LogP contribution in [0.25, 0.3) is 0 Å². The molecule has 0 aromatic carbocycles. The number of carbonyl (C=O) groups is 1. The molecule has 0 aliphatic carbocycles. The maximum Gasteiger partial charge on any atom is 0.286 e. The number of halogens is 1. The third-order valence-corrected chi connectivity index (χ3v) is 4.02. The lowest BCUT2D eigenvalue weighted by molar-refractivity contribution is 0.0925. The van der Waals surface area contributed by atoms with Crippen molar-refractivity contribution >= 4 is 21.8 Å². The standard InChI is InChI=1S/C13H16BrN3O2/c1-9-12(14)10(2)17(16-9)7-4-6-15-13(18)11-5-3-8-19-11/h3,5,8H,4,6-7H2,1-2H3,(H,15,18). The molecule has 0 saturated heterocycles. The van der Waals surface area contributed by atoms with Gasteiger partial charge in [0, 0.05) is 18.8 Å². The number of hydrogen-bond acceptors (Lipinski definition) is 3. The van der Waals surface area contributed by atoms with E-state index >= 15 is 0 Å². The zero-order chi connectivity index (χ0) is 13.8. The molecule has 2 rings (SSSR count). The average Bonchev–Trinajstić information content (AvgIpc) is 3.00. The topological polar surface area (TPSA) is 60.1 Å². The van der Waals surface area contributed by atoms with Crippen LogP contribution in [-0.4, -0.2) is 22.2 Å². The predicted molar refractivity (Wildman–Crippen MR) is 75.1 cm³/mol. The molecule has 2 aromatic heterocycles.